The normalized spacial score (nSPS) is 18.0. The van der Waals surface area contributed by atoms with E-state index in [0.717, 1.165) is 35.1 Å². The minimum Gasteiger partial charge on any atom is -0.384 e. The molecule has 1 amide bonds. The number of ether oxygens (including phenoxy) is 1. The number of aromatic nitrogens is 1. The summed E-state index contributed by atoms with van der Waals surface area (Å²) >= 11 is 0. The number of rotatable bonds is 9. The summed E-state index contributed by atoms with van der Waals surface area (Å²) in [6.45, 7) is 7.48. The summed E-state index contributed by atoms with van der Waals surface area (Å²) in [5.41, 5.74) is 3.41. The van der Waals surface area contributed by atoms with E-state index in [1.165, 1.54) is 0 Å². The molecule has 1 aliphatic carbocycles. The third-order valence-electron chi connectivity index (χ3n) is 6.54. The molecule has 1 N–H and O–H groups in total. The Labute approximate surface area is 212 Å². The van der Waals surface area contributed by atoms with E-state index in [0.29, 0.717) is 55.6 Å². The number of pyridine rings is 1. The number of hydrogen-bond acceptors (Lipinski definition) is 7. The van der Waals surface area contributed by atoms with Crippen LogP contribution in [0.25, 0.3) is 11.1 Å². The van der Waals surface area contributed by atoms with Crippen molar-refractivity contribution < 1.29 is 17.9 Å². The molecule has 10 heteroatoms. The summed E-state index contributed by atoms with van der Waals surface area (Å²) < 4.78 is 31.4. The van der Waals surface area contributed by atoms with Crippen molar-refractivity contribution in [1.82, 2.24) is 9.88 Å². The average Bonchev–Trinajstić information content (AvgIpc) is 3.72. The minimum absolute atomic E-state index is 0.0185. The van der Waals surface area contributed by atoms with Crippen molar-refractivity contribution in [2.75, 3.05) is 43.0 Å². The zero-order valence-corrected chi connectivity index (χ0v) is 21.4. The van der Waals surface area contributed by atoms with Gasteiger partial charge in [-0.3, -0.25) is 9.52 Å². The summed E-state index contributed by atoms with van der Waals surface area (Å²) in [6, 6.07) is 11.2. The van der Waals surface area contributed by atoms with Crippen LogP contribution < -0.4 is 9.62 Å². The zero-order valence-electron chi connectivity index (χ0n) is 20.6. The molecule has 1 saturated heterocycles. The monoisotopic (exact) mass is 509 g/mol. The number of carbonyl (C=O) groups excluding carboxylic acids is 1. The Bertz CT molecular complexity index is 1300. The number of nitrogens with one attached hydrogen (secondary N) is 1. The van der Waals surface area contributed by atoms with Crippen LogP contribution >= 0.6 is 0 Å². The van der Waals surface area contributed by atoms with Gasteiger partial charge in [0.2, 0.25) is 5.91 Å². The molecule has 0 radical (unpaired) electrons. The van der Waals surface area contributed by atoms with Crippen molar-refractivity contribution in [3.05, 3.63) is 53.6 Å². The maximum absolute atomic E-state index is 12.5. The van der Waals surface area contributed by atoms with Gasteiger partial charge in [0.05, 0.1) is 24.3 Å². The van der Waals surface area contributed by atoms with E-state index >= 15 is 0 Å². The fourth-order valence-electron chi connectivity index (χ4n) is 4.55. The van der Waals surface area contributed by atoms with Gasteiger partial charge >= 0.3 is 0 Å². The lowest BCUT2D eigenvalue weighted by Gasteiger charge is -2.41. The van der Waals surface area contributed by atoms with Crippen LogP contribution in [0.1, 0.15) is 43.4 Å². The molecule has 0 bridgehead atoms. The second kappa shape index (κ2) is 10.7. The zero-order chi connectivity index (χ0) is 25.9. The molecule has 0 spiro atoms. The van der Waals surface area contributed by atoms with Gasteiger partial charge in [0, 0.05) is 55.4 Å². The molecule has 190 valence electrons. The Hall–Kier alpha value is -3.42. The molecular formula is C26H31N5O4S. The first-order chi connectivity index (χ1) is 17.3. The molecule has 2 heterocycles. The number of hydrogen-bond donors (Lipinski definition) is 1. The second-order valence-electron chi connectivity index (χ2n) is 9.20. The highest BCUT2D eigenvalue weighted by Gasteiger charge is 2.33. The van der Waals surface area contributed by atoms with Crippen molar-refractivity contribution >= 4 is 27.4 Å². The van der Waals surface area contributed by atoms with Crippen LogP contribution in [-0.2, 0) is 19.6 Å². The van der Waals surface area contributed by atoms with E-state index in [4.69, 9.17) is 9.72 Å². The van der Waals surface area contributed by atoms with Gasteiger partial charge in [-0.15, -0.1) is 0 Å². The second-order valence-corrected chi connectivity index (χ2v) is 10.8. The van der Waals surface area contributed by atoms with E-state index in [2.05, 4.69) is 22.3 Å². The molecule has 36 heavy (non-hydrogen) atoms. The van der Waals surface area contributed by atoms with Crippen LogP contribution in [0.3, 0.4) is 0 Å². The third-order valence-corrected chi connectivity index (χ3v) is 7.50. The van der Waals surface area contributed by atoms with Crippen LogP contribution in [0.15, 0.2) is 42.3 Å². The largest absolute Gasteiger partial charge is 0.384 e. The number of benzene rings is 1. The Balaban J connectivity index is 1.65. The van der Waals surface area contributed by atoms with Crippen LogP contribution in [-0.4, -0.2) is 63.6 Å². The molecule has 1 atom stereocenters. The molecule has 1 aliphatic heterocycles. The first-order valence-electron chi connectivity index (χ1n) is 12.0. The number of piperazine rings is 1. The van der Waals surface area contributed by atoms with Crippen LogP contribution in [0.4, 0.5) is 11.5 Å². The van der Waals surface area contributed by atoms with Gasteiger partial charge < -0.3 is 14.5 Å². The maximum Gasteiger partial charge on any atom is 0.254 e. The number of methoxy groups -OCH3 is 1. The molecule has 1 aromatic heterocycles. The first-order valence-corrected chi connectivity index (χ1v) is 13.5. The Morgan fingerprint density at radius 2 is 2.11 bits per heavy atom. The average molecular weight is 510 g/mol. The topological polar surface area (TPSA) is 116 Å². The van der Waals surface area contributed by atoms with Crippen molar-refractivity contribution in [3.63, 3.8) is 0 Å². The molecular weight excluding hydrogens is 478 g/mol. The molecule has 0 unspecified atom stereocenters. The lowest BCUT2D eigenvalue weighted by atomic mass is 9.98. The van der Waals surface area contributed by atoms with Crippen molar-refractivity contribution in [1.29, 1.82) is 5.26 Å². The predicted molar refractivity (Wildman–Crippen MR) is 139 cm³/mol. The smallest absolute Gasteiger partial charge is 0.254 e. The summed E-state index contributed by atoms with van der Waals surface area (Å²) in [5, 5.41) is 10.9. The van der Waals surface area contributed by atoms with Gasteiger partial charge in [-0.2, -0.15) is 5.26 Å². The fourth-order valence-corrected chi connectivity index (χ4v) is 5.09. The van der Waals surface area contributed by atoms with E-state index in [-0.39, 0.29) is 11.9 Å². The maximum atomic E-state index is 12.5. The molecule has 2 fully saturated rings. The van der Waals surface area contributed by atoms with Gasteiger partial charge in [0.25, 0.3) is 10.0 Å². The molecule has 4 rings (SSSR count). The summed E-state index contributed by atoms with van der Waals surface area (Å²) in [6.07, 6.45) is 2.39. The molecule has 9 nitrogen and oxygen atoms in total. The third kappa shape index (κ3) is 5.69. The van der Waals surface area contributed by atoms with E-state index in [1.807, 2.05) is 24.0 Å². The number of nitrogens with zero attached hydrogens (tertiary/aromatic N) is 4. The predicted octanol–water partition coefficient (Wildman–Crippen LogP) is 3.46. The summed E-state index contributed by atoms with van der Waals surface area (Å²) in [7, 11) is -2.05. The van der Waals surface area contributed by atoms with Gasteiger partial charge in [-0.1, -0.05) is 18.7 Å². The van der Waals surface area contributed by atoms with E-state index in [9.17, 15) is 18.5 Å². The Morgan fingerprint density at radius 3 is 2.75 bits per heavy atom. The Kier molecular flexibility index (Phi) is 7.62. The summed E-state index contributed by atoms with van der Waals surface area (Å²) in [5.74, 6) is 1.01. The number of amides is 1. The minimum atomic E-state index is -3.64. The van der Waals surface area contributed by atoms with Crippen LogP contribution in [0.5, 0.6) is 0 Å². The first kappa shape index (κ1) is 25.7. The van der Waals surface area contributed by atoms with Crippen LogP contribution in [0, 0.1) is 11.3 Å². The molecule has 2 aromatic rings. The van der Waals surface area contributed by atoms with Gasteiger partial charge in [0.1, 0.15) is 11.9 Å². The molecule has 1 aromatic carbocycles. The number of nitriles is 1. The quantitative estimate of drug-likeness (QED) is 0.550. The van der Waals surface area contributed by atoms with Crippen molar-refractivity contribution in [2.24, 2.45) is 0 Å². The highest BCUT2D eigenvalue weighted by Crippen LogP contribution is 2.45. The number of carbonyl (C=O) groups is 1. The van der Waals surface area contributed by atoms with E-state index < -0.39 is 10.0 Å². The van der Waals surface area contributed by atoms with Gasteiger partial charge in [0.15, 0.2) is 0 Å². The van der Waals surface area contributed by atoms with Crippen molar-refractivity contribution in [3.8, 4) is 17.2 Å². The van der Waals surface area contributed by atoms with E-state index in [1.54, 1.807) is 25.3 Å². The van der Waals surface area contributed by atoms with Gasteiger partial charge in [-0.25, -0.2) is 13.4 Å². The van der Waals surface area contributed by atoms with Crippen LogP contribution in [0.2, 0.25) is 0 Å². The lowest BCUT2D eigenvalue weighted by Crippen LogP contribution is -2.54. The van der Waals surface area contributed by atoms with Gasteiger partial charge in [-0.05, 0) is 43.5 Å². The lowest BCUT2D eigenvalue weighted by molar-refractivity contribution is -0.134. The highest BCUT2D eigenvalue weighted by molar-refractivity contribution is 7.95. The fraction of sp³-hybridized carbons (Fsp3) is 0.423. The molecule has 1 saturated carbocycles. The highest BCUT2D eigenvalue weighted by atomic mass is 32.2. The SMILES string of the molecule is C=CS(=O)(=O)Nc1cccc(-c2cc(C#N)c(N3CCN(C(=O)CCOC)[C@H](C)C3)nc2C2CC2)c1. The standard InChI is InChI=1S/C26H31N5O4S/c1-4-36(33,34)29-22-7-5-6-20(14-22)23-15-21(16-27)26(28-25(23)19-8-9-19)30-11-12-31(18(2)17-30)24(32)10-13-35-3/h4-7,14-15,18-19,29H,1,8-13,17H2,2-3H3/t18-/m1/s1. The Morgan fingerprint density at radius 1 is 1.33 bits per heavy atom. The number of anilines is 2. The van der Waals surface area contributed by atoms with Crippen molar-refractivity contribution in [2.45, 2.75) is 38.1 Å². The summed E-state index contributed by atoms with van der Waals surface area (Å²) in [4.78, 5) is 21.5. The number of sulfonamides is 1. The molecule has 2 aliphatic rings.